The first-order valence-corrected chi connectivity index (χ1v) is 9.34. The summed E-state index contributed by atoms with van der Waals surface area (Å²) in [6.45, 7) is 3.28. The van der Waals surface area contributed by atoms with Crippen molar-refractivity contribution in [3.8, 4) is 0 Å². The molecule has 146 valence electrons. The number of carbonyl (C=O) groups is 2. The second-order valence-electron chi connectivity index (χ2n) is 6.67. The fourth-order valence-corrected chi connectivity index (χ4v) is 3.27. The molecule has 0 aliphatic carbocycles. The molecule has 2 aromatic carbocycles. The van der Waals surface area contributed by atoms with E-state index in [0.717, 1.165) is 23.0 Å². The Morgan fingerprint density at radius 2 is 1.68 bits per heavy atom. The number of nitrogens with two attached hydrogens (primary N) is 1. The molecule has 0 radical (unpaired) electrons. The highest BCUT2D eigenvalue weighted by molar-refractivity contribution is 5.92. The lowest BCUT2D eigenvalue weighted by Crippen LogP contribution is -2.28. The molecule has 0 saturated heterocycles. The van der Waals surface area contributed by atoms with Crippen LogP contribution >= 0.6 is 0 Å². The number of amides is 2. The van der Waals surface area contributed by atoms with E-state index < -0.39 is 5.91 Å². The van der Waals surface area contributed by atoms with E-state index in [1.165, 1.54) is 0 Å². The van der Waals surface area contributed by atoms with E-state index in [4.69, 9.17) is 5.73 Å². The quantitative estimate of drug-likeness (QED) is 0.625. The molecule has 0 atom stereocenters. The molecule has 3 N–H and O–H groups in total. The normalized spacial score (nSPS) is 10.9. The fraction of sp³-hybridized carbons (Fsp3) is 0.286. The smallest absolute Gasteiger partial charge is 0.329 e. The summed E-state index contributed by atoms with van der Waals surface area (Å²) in [7, 11) is 0. The van der Waals surface area contributed by atoms with Crippen molar-refractivity contribution in [2.45, 2.75) is 39.4 Å². The van der Waals surface area contributed by atoms with Crippen LogP contribution in [0.4, 0.5) is 0 Å². The number of rotatable bonds is 8. The van der Waals surface area contributed by atoms with Gasteiger partial charge in [-0.15, -0.1) is 0 Å². The highest BCUT2D eigenvalue weighted by Gasteiger charge is 2.13. The topological polar surface area (TPSA) is 99.1 Å². The summed E-state index contributed by atoms with van der Waals surface area (Å²) in [6.07, 6.45) is 1.05. The molecular formula is C21H24N4O3. The number of aryl methyl sites for hydroxylation is 2. The van der Waals surface area contributed by atoms with E-state index in [0.29, 0.717) is 25.2 Å². The van der Waals surface area contributed by atoms with Gasteiger partial charge in [0.1, 0.15) is 0 Å². The predicted octanol–water partition coefficient (Wildman–Crippen LogP) is 2.02. The Balaban J connectivity index is 1.67. The monoisotopic (exact) mass is 380 g/mol. The summed E-state index contributed by atoms with van der Waals surface area (Å²) in [6, 6.07) is 14.5. The predicted molar refractivity (Wildman–Crippen MR) is 108 cm³/mol. The van der Waals surface area contributed by atoms with Gasteiger partial charge in [0.05, 0.1) is 11.0 Å². The van der Waals surface area contributed by atoms with Crippen LogP contribution in [0.15, 0.2) is 53.3 Å². The van der Waals surface area contributed by atoms with E-state index >= 15 is 0 Å². The Bertz CT molecular complexity index is 1060. The minimum absolute atomic E-state index is 0.0926. The number of nitrogens with zero attached hydrogens (tertiary/aromatic N) is 2. The summed E-state index contributed by atoms with van der Waals surface area (Å²) in [5, 5.41) is 2.82. The average molecular weight is 380 g/mol. The Hall–Kier alpha value is -3.35. The first-order valence-electron chi connectivity index (χ1n) is 9.34. The first-order chi connectivity index (χ1) is 13.5. The number of aromatic nitrogens is 2. The molecule has 7 heteroatoms. The minimum atomic E-state index is -0.504. The zero-order valence-corrected chi connectivity index (χ0v) is 15.9. The second-order valence-corrected chi connectivity index (χ2v) is 6.67. The SMILES string of the molecule is CCCn1c(=O)n(CCC(=O)NCc2cccc(C(N)=O)c2)c2ccccc21. The van der Waals surface area contributed by atoms with E-state index in [1.54, 1.807) is 27.3 Å². The molecule has 3 rings (SSSR count). The van der Waals surface area contributed by atoms with Gasteiger partial charge < -0.3 is 11.1 Å². The first kappa shape index (κ1) is 19.4. The molecule has 1 heterocycles. The van der Waals surface area contributed by atoms with E-state index in [-0.39, 0.29) is 18.0 Å². The largest absolute Gasteiger partial charge is 0.366 e. The number of carbonyl (C=O) groups excluding carboxylic acids is 2. The Labute approximate surface area is 162 Å². The Morgan fingerprint density at radius 1 is 1.00 bits per heavy atom. The van der Waals surface area contributed by atoms with Crippen LogP contribution in [0.1, 0.15) is 35.7 Å². The van der Waals surface area contributed by atoms with Crippen molar-refractivity contribution >= 4 is 22.8 Å². The molecule has 0 bridgehead atoms. The zero-order chi connectivity index (χ0) is 20.1. The van der Waals surface area contributed by atoms with Crippen molar-refractivity contribution in [3.05, 3.63) is 70.1 Å². The van der Waals surface area contributed by atoms with Gasteiger partial charge in [-0.3, -0.25) is 18.7 Å². The van der Waals surface area contributed by atoms with Gasteiger partial charge in [-0.1, -0.05) is 31.2 Å². The van der Waals surface area contributed by atoms with Gasteiger partial charge in [-0.05, 0) is 36.2 Å². The third kappa shape index (κ3) is 4.14. The molecule has 0 aliphatic heterocycles. The molecule has 2 amide bonds. The van der Waals surface area contributed by atoms with Gasteiger partial charge in [0, 0.05) is 31.6 Å². The third-order valence-corrected chi connectivity index (χ3v) is 4.64. The van der Waals surface area contributed by atoms with Crippen LogP contribution in [0.25, 0.3) is 11.0 Å². The number of imidazole rings is 1. The summed E-state index contributed by atoms with van der Waals surface area (Å²) in [4.78, 5) is 36.2. The van der Waals surface area contributed by atoms with Crippen molar-refractivity contribution in [3.63, 3.8) is 0 Å². The van der Waals surface area contributed by atoms with Crippen LogP contribution in [0.5, 0.6) is 0 Å². The molecule has 1 aromatic heterocycles. The lowest BCUT2D eigenvalue weighted by atomic mass is 10.1. The number of fused-ring (bicyclic) bond motifs is 1. The van der Waals surface area contributed by atoms with E-state index in [1.807, 2.05) is 37.3 Å². The van der Waals surface area contributed by atoms with Gasteiger partial charge in [-0.25, -0.2) is 4.79 Å². The second kappa shape index (κ2) is 8.56. The van der Waals surface area contributed by atoms with Crippen LogP contribution in [-0.4, -0.2) is 20.9 Å². The maximum atomic E-state index is 12.7. The molecule has 28 heavy (non-hydrogen) atoms. The number of hydrogen-bond donors (Lipinski definition) is 2. The van der Waals surface area contributed by atoms with Gasteiger partial charge in [0.25, 0.3) is 0 Å². The highest BCUT2D eigenvalue weighted by atomic mass is 16.2. The average Bonchev–Trinajstić information content (AvgIpc) is 2.97. The van der Waals surface area contributed by atoms with Gasteiger partial charge in [0.2, 0.25) is 11.8 Å². The highest BCUT2D eigenvalue weighted by Crippen LogP contribution is 2.13. The standard InChI is InChI=1S/C21H24N4O3/c1-2-11-24-17-8-3-4-9-18(17)25(21(24)28)12-10-19(26)23-14-15-6-5-7-16(13-15)20(22)27/h3-9,13H,2,10-12,14H2,1H3,(H2,22,27)(H,23,26). The van der Waals surface area contributed by atoms with E-state index in [9.17, 15) is 14.4 Å². The lowest BCUT2D eigenvalue weighted by molar-refractivity contribution is -0.121. The molecule has 7 nitrogen and oxygen atoms in total. The van der Waals surface area contributed by atoms with Gasteiger partial charge in [0.15, 0.2) is 0 Å². The number of primary amides is 1. The zero-order valence-electron chi connectivity index (χ0n) is 15.9. The number of nitrogens with one attached hydrogen (secondary N) is 1. The maximum Gasteiger partial charge on any atom is 0.329 e. The molecule has 0 fully saturated rings. The van der Waals surface area contributed by atoms with Crippen molar-refractivity contribution in [2.24, 2.45) is 5.73 Å². The molecule has 3 aromatic rings. The number of benzene rings is 2. The maximum absolute atomic E-state index is 12.7. The fourth-order valence-electron chi connectivity index (χ4n) is 3.27. The summed E-state index contributed by atoms with van der Waals surface area (Å²) in [5.74, 6) is -0.667. The molecule has 0 unspecified atom stereocenters. The van der Waals surface area contributed by atoms with E-state index in [2.05, 4.69) is 5.32 Å². The summed E-state index contributed by atoms with van der Waals surface area (Å²) in [5.41, 5.74) is 8.10. The molecule has 0 aliphatic rings. The van der Waals surface area contributed by atoms with Crippen molar-refractivity contribution in [1.29, 1.82) is 0 Å². The van der Waals surface area contributed by atoms with Crippen LogP contribution in [-0.2, 0) is 24.4 Å². The minimum Gasteiger partial charge on any atom is -0.366 e. The van der Waals surface area contributed by atoms with Crippen LogP contribution < -0.4 is 16.7 Å². The molecule has 0 saturated carbocycles. The van der Waals surface area contributed by atoms with Gasteiger partial charge in [-0.2, -0.15) is 0 Å². The Kier molecular flexibility index (Phi) is 5.93. The van der Waals surface area contributed by atoms with Crippen molar-refractivity contribution < 1.29 is 9.59 Å². The molecule has 0 spiro atoms. The van der Waals surface area contributed by atoms with Crippen LogP contribution in [0.2, 0.25) is 0 Å². The van der Waals surface area contributed by atoms with Gasteiger partial charge >= 0.3 is 5.69 Å². The number of hydrogen-bond acceptors (Lipinski definition) is 3. The lowest BCUT2D eigenvalue weighted by Gasteiger charge is -2.07. The molecular weight excluding hydrogens is 356 g/mol. The van der Waals surface area contributed by atoms with Crippen LogP contribution in [0, 0.1) is 0 Å². The Morgan fingerprint density at radius 3 is 2.32 bits per heavy atom. The number of para-hydroxylation sites is 2. The summed E-state index contributed by atoms with van der Waals surface area (Å²) < 4.78 is 3.40. The van der Waals surface area contributed by atoms with Crippen molar-refractivity contribution in [1.82, 2.24) is 14.5 Å². The van der Waals surface area contributed by atoms with Crippen LogP contribution in [0.3, 0.4) is 0 Å². The summed E-state index contributed by atoms with van der Waals surface area (Å²) >= 11 is 0. The van der Waals surface area contributed by atoms with Crippen molar-refractivity contribution in [2.75, 3.05) is 0 Å². The third-order valence-electron chi connectivity index (χ3n) is 4.64.